The molecular weight excluding hydrogens is 272 g/mol. The highest BCUT2D eigenvalue weighted by Crippen LogP contribution is 2.23. The first-order valence-electron chi connectivity index (χ1n) is 8.10. The number of nitrogens with zero attached hydrogens (tertiary/aromatic N) is 4. The molecule has 4 nitrogen and oxygen atoms in total. The maximum Gasteiger partial charge on any atom is 0.0659 e. The zero-order chi connectivity index (χ0) is 15.0. The Hall–Kier alpha value is -1.58. The molecule has 0 unspecified atom stereocenters. The molecule has 0 atom stereocenters. The lowest BCUT2D eigenvalue weighted by atomic mass is 9.96. The molecule has 0 fully saturated rings. The van der Waals surface area contributed by atoms with Crippen LogP contribution in [0.4, 0.5) is 0 Å². The van der Waals surface area contributed by atoms with Gasteiger partial charge in [-0.3, -0.25) is 9.36 Å². The number of rotatable bonds is 0. The van der Waals surface area contributed by atoms with Crippen molar-refractivity contribution in [2.45, 2.75) is 66.2 Å². The molecule has 2 aliphatic carbocycles. The monoisotopic (exact) mass is 302 g/mol. The van der Waals surface area contributed by atoms with E-state index in [9.17, 15) is 0 Å². The molecular formula is C18H30N4. The fourth-order valence-corrected chi connectivity index (χ4v) is 3.52. The summed E-state index contributed by atoms with van der Waals surface area (Å²) >= 11 is 0. The van der Waals surface area contributed by atoms with Gasteiger partial charge < -0.3 is 0 Å². The normalized spacial score (nSPS) is 15.5. The average molecular weight is 302 g/mol. The largest absolute Gasteiger partial charge is 0.272 e. The van der Waals surface area contributed by atoms with Gasteiger partial charge in [0, 0.05) is 25.5 Å². The van der Waals surface area contributed by atoms with E-state index in [2.05, 4.69) is 24.0 Å². The summed E-state index contributed by atoms with van der Waals surface area (Å²) in [6.45, 7) is 4.31. The number of aryl methyl sites for hydroxylation is 4. The first kappa shape index (κ1) is 16.8. The van der Waals surface area contributed by atoms with Gasteiger partial charge in [0.05, 0.1) is 11.4 Å². The quantitative estimate of drug-likeness (QED) is 0.747. The topological polar surface area (TPSA) is 35.6 Å². The highest BCUT2D eigenvalue weighted by molar-refractivity contribution is 5.29. The van der Waals surface area contributed by atoms with Crippen molar-refractivity contribution in [2.75, 3.05) is 0 Å². The second-order valence-electron chi connectivity index (χ2n) is 6.33. The van der Waals surface area contributed by atoms with Crippen molar-refractivity contribution in [1.82, 2.24) is 19.6 Å². The number of fused-ring (bicyclic) bond motifs is 2. The molecule has 122 valence electrons. The van der Waals surface area contributed by atoms with Crippen molar-refractivity contribution in [3.63, 3.8) is 0 Å². The standard InChI is InChI=1S/C9H14N2.C8H12N2.CH4/c1-7-8-5-3-4-6-9(8)10-11(7)2;1-6-7-4-3-5-8(7)9-10(6)2;/h3-6H2,1-2H3;3-5H2,1-2H3;1H4. The van der Waals surface area contributed by atoms with E-state index in [4.69, 9.17) is 0 Å². The van der Waals surface area contributed by atoms with E-state index < -0.39 is 0 Å². The highest BCUT2D eigenvalue weighted by Gasteiger charge is 2.17. The third-order valence-corrected chi connectivity index (χ3v) is 5.01. The summed E-state index contributed by atoms with van der Waals surface area (Å²) in [6, 6.07) is 0. The van der Waals surface area contributed by atoms with Crippen LogP contribution in [-0.2, 0) is 39.8 Å². The predicted molar refractivity (Wildman–Crippen MR) is 91.3 cm³/mol. The molecule has 0 radical (unpaired) electrons. The third kappa shape index (κ3) is 2.96. The summed E-state index contributed by atoms with van der Waals surface area (Å²) in [6.07, 6.45) is 8.85. The Bertz CT molecular complexity index is 649. The Kier molecular flexibility index (Phi) is 5.09. The van der Waals surface area contributed by atoms with Crippen LogP contribution in [0.2, 0.25) is 0 Å². The van der Waals surface area contributed by atoms with Gasteiger partial charge in [-0.05, 0) is 69.9 Å². The summed E-state index contributed by atoms with van der Waals surface area (Å²) in [5.41, 5.74) is 8.41. The van der Waals surface area contributed by atoms with E-state index in [1.165, 1.54) is 78.8 Å². The summed E-state index contributed by atoms with van der Waals surface area (Å²) in [5, 5.41) is 8.87. The van der Waals surface area contributed by atoms with E-state index in [1.54, 1.807) is 0 Å². The van der Waals surface area contributed by atoms with Crippen LogP contribution in [0.3, 0.4) is 0 Å². The van der Waals surface area contributed by atoms with E-state index >= 15 is 0 Å². The lowest BCUT2D eigenvalue weighted by Gasteiger charge is -2.08. The minimum Gasteiger partial charge on any atom is -0.272 e. The van der Waals surface area contributed by atoms with Crippen molar-refractivity contribution in [3.8, 4) is 0 Å². The summed E-state index contributed by atoms with van der Waals surface area (Å²) in [5.74, 6) is 0. The summed E-state index contributed by atoms with van der Waals surface area (Å²) in [7, 11) is 4.06. The molecule has 0 saturated heterocycles. The Labute approximate surface area is 134 Å². The minimum atomic E-state index is 0. The van der Waals surface area contributed by atoms with Crippen molar-refractivity contribution >= 4 is 0 Å². The lowest BCUT2D eigenvalue weighted by molar-refractivity contribution is 0.664. The van der Waals surface area contributed by atoms with Crippen molar-refractivity contribution in [1.29, 1.82) is 0 Å². The zero-order valence-electron chi connectivity index (χ0n) is 13.7. The van der Waals surface area contributed by atoms with Gasteiger partial charge in [-0.1, -0.05) is 7.43 Å². The highest BCUT2D eigenvalue weighted by atomic mass is 15.3. The van der Waals surface area contributed by atoms with E-state index in [1.807, 2.05) is 23.5 Å². The van der Waals surface area contributed by atoms with Gasteiger partial charge in [0.2, 0.25) is 0 Å². The van der Waals surface area contributed by atoms with Gasteiger partial charge in [-0.25, -0.2) is 0 Å². The van der Waals surface area contributed by atoms with Crippen LogP contribution in [-0.4, -0.2) is 19.6 Å². The smallest absolute Gasteiger partial charge is 0.0659 e. The second kappa shape index (κ2) is 6.67. The van der Waals surface area contributed by atoms with Gasteiger partial charge >= 0.3 is 0 Å². The lowest BCUT2D eigenvalue weighted by Crippen LogP contribution is -2.00. The Morgan fingerprint density at radius 1 is 0.682 bits per heavy atom. The van der Waals surface area contributed by atoms with Crippen LogP contribution in [0, 0.1) is 13.8 Å². The fraction of sp³-hybridized carbons (Fsp3) is 0.667. The third-order valence-electron chi connectivity index (χ3n) is 5.01. The zero-order valence-corrected chi connectivity index (χ0v) is 13.7. The first-order valence-corrected chi connectivity index (χ1v) is 8.10. The van der Waals surface area contributed by atoms with Crippen LogP contribution < -0.4 is 0 Å². The van der Waals surface area contributed by atoms with Crippen LogP contribution in [0.5, 0.6) is 0 Å². The van der Waals surface area contributed by atoms with Gasteiger partial charge in [0.1, 0.15) is 0 Å². The molecule has 4 heteroatoms. The molecule has 0 N–H and O–H groups in total. The van der Waals surface area contributed by atoms with E-state index in [0.29, 0.717) is 0 Å². The van der Waals surface area contributed by atoms with Gasteiger partial charge in [0.15, 0.2) is 0 Å². The minimum absolute atomic E-state index is 0. The van der Waals surface area contributed by atoms with Gasteiger partial charge in [0.25, 0.3) is 0 Å². The van der Waals surface area contributed by atoms with Crippen molar-refractivity contribution in [2.24, 2.45) is 14.1 Å². The van der Waals surface area contributed by atoms with Crippen molar-refractivity contribution < 1.29 is 0 Å². The number of aromatic nitrogens is 4. The molecule has 0 saturated carbocycles. The molecule has 2 aromatic heterocycles. The van der Waals surface area contributed by atoms with Crippen molar-refractivity contribution in [3.05, 3.63) is 33.9 Å². The first-order chi connectivity index (χ1) is 10.1. The Balaban J connectivity index is 0.000000154. The molecule has 22 heavy (non-hydrogen) atoms. The van der Waals surface area contributed by atoms with Crippen LogP contribution in [0.15, 0.2) is 0 Å². The van der Waals surface area contributed by atoms with Gasteiger partial charge in [-0.15, -0.1) is 0 Å². The molecule has 0 spiro atoms. The predicted octanol–water partition coefficient (Wildman–Crippen LogP) is 3.46. The second-order valence-corrected chi connectivity index (χ2v) is 6.33. The van der Waals surface area contributed by atoms with Crippen LogP contribution in [0.1, 0.15) is 60.6 Å². The fourth-order valence-electron chi connectivity index (χ4n) is 3.52. The molecule has 0 aromatic carbocycles. The maximum absolute atomic E-state index is 4.47. The SMILES string of the molecule is C.Cc1c2c(nn1C)CCC2.Cc1c2c(nn1C)CCCC2. The molecule has 0 amide bonds. The number of hydrogen-bond donors (Lipinski definition) is 0. The molecule has 0 aliphatic heterocycles. The summed E-state index contributed by atoms with van der Waals surface area (Å²) in [4.78, 5) is 0. The van der Waals surface area contributed by atoms with Crippen LogP contribution >= 0.6 is 0 Å². The molecule has 0 bridgehead atoms. The average Bonchev–Trinajstić information content (AvgIpc) is 3.11. The Morgan fingerprint density at radius 2 is 1.09 bits per heavy atom. The molecule has 2 aromatic rings. The van der Waals surface area contributed by atoms with E-state index in [-0.39, 0.29) is 7.43 Å². The van der Waals surface area contributed by atoms with Crippen LogP contribution in [0.25, 0.3) is 0 Å². The van der Waals surface area contributed by atoms with Gasteiger partial charge in [-0.2, -0.15) is 10.2 Å². The molecule has 2 aliphatic rings. The molecule has 2 heterocycles. The van der Waals surface area contributed by atoms with E-state index in [0.717, 1.165) is 0 Å². The Morgan fingerprint density at radius 3 is 1.59 bits per heavy atom. The number of hydrogen-bond acceptors (Lipinski definition) is 2. The summed E-state index contributed by atoms with van der Waals surface area (Å²) < 4.78 is 4.00. The molecule has 4 rings (SSSR count). The maximum atomic E-state index is 4.47.